The normalized spacial score (nSPS) is 10.8. The Morgan fingerprint density at radius 1 is 1.05 bits per heavy atom. The first-order valence-corrected chi connectivity index (χ1v) is 6.14. The van der Waals surface area contributed by atoms with Crippen LogP contribution in [-0.4, -0.2) is 9.97 Å². The number of hydrogen-bond acceptors (Lipinski definition) is 3. The topological polar surface area (TPSA) is 55.7 Å². The predicted octanol–water partition coefficient (Wildman–Crippen LogP) is 2.11. The minimum atomic E-state index is 0.741. The van der Waals surface area contributed by atoms with Gasteiger partial charge in [-0.15, -0.1) is 0 Å². The van der Waals surface area contributed by atoms with Crippen LogP contribution in [0.15, 0.2) is 43.0 Å². The van der Waals surface area contributed by atoms with Gasteiger partial charge in [-0.05, 0) is 31.5 Å². The van der Waals surface area contributed by atoms with Gasteiger partial charge in [-0.3, -0.25) is 0 Å². The maximum Gasteiger partial charge on any atom is 0.223 e. The van der Waals surface area contributed by atoms with Crippen molar-refractivity contribution < 1.29 is 4.57 Å². The summed E-state index contributed by atoms with van der Waals surface area (Å²) >= 11 is 0. The van der Waals surface area contributed by atoms with Gasteiger partial charge in [0.2, 0.25) is 5.69 Å². The highest BCUT2D eigenvalue weighted by molar-refractivity contribution is 5.82. The number of aryl methyl sites for hydroxylation is 2. The highest BCUT2D eigenvalue weighted by Gasteiger charge is 2.13. The third kappa shape index (κ3) is 2.12. The van der Waals surface area contributed by atoms with Crippen LogP contribution in [0.4, 0.5) is 5.69 Å². The Kier molecular flexibility index (Phi) is 2.63. The molecule has 0 saturated carbocycles. The van der Waals surface area contributed by atoms with Gasteiger partial charge in [0.05, 0.1) is 11.1 Å². The molecule has 3 aromatic rings. The van der Waals surface area contributed by atoms with Gasteiger partial charge < -0.3 is 5.73 Å². The Morgan fingerprint density at radius 2 is 1.89 bits per heavy atom. The second-order valence-corrected chi connectivity index (χ2v) is 4.77. The van der Waals surface area contributed by atoms with Crippen LogP contribution in [0.1, 0.15) is 11.1 Å². The molecule has 4 nitrogen and oxygen atoms in total. The van der Waals surface area contributed by atoms with Crippen LogP contribution in [-0.2, 0) is 0 Å². The lowest BCUT2D eigenvalue weighted by atomic mass is 10.2. The summed E-state index contributed by atoms with van der Waals surface area (Å²) in [7, 11) is 0. The van der Waals surface area contributed by atoms with Crippen molar-refractivity contribution in [1.82, 2.24) is 9.97 Å². The van der Waals surface area contributed by atoms with E-state index in [1.165, 1.54) is 0 Å². The molecule has 0 bridgehead atoms. The van der Waals surface area contributed by atoms with E-state index < -0.39 is 0 Å². The largest absolute Gasteiger partial charge is 0.394 e. The maximum atomic E-state index is 5.92. The van der Waals surface area contributed by atoms with E-state index in [4.69, 9.17) is 5.73 Å². The average molecular weight is 251 g/mol. The van der Waals surface area contributed by atoms with E-state index in [1.54, 1.807) is 6.20 Å². The van der Waals surface area contributed by atoms with E-state index in [0.717, 1.165) is 33.5 Å². The first-order chi connectivity index (χ1) is 9.13. The highest BCUT2D eigenvalue weighted by atomic mass is 15.0. The van der Waals surface area contributed by atoms with E-state index in [9.17, 15) is 0 Å². The zero-order chi connectivity index (χ0) is 13.4. The zero-order valence-corrected chi connectivity index (χ0v) is 11.0. The number of nitrogens with two attached hydrogens (primary N) is 1. The fourth-order valence-corrected chi connectivity index (χ4v) is 2.24. The molecule has 0 saturated heterocycles. The molecule has 0 atom stereocenters. The molecule has 0 radical (unpaired) electrons. The molecule has 3 rings (SSSR count). The van der Waals surface area contributed by atoms with Crippen molar-refractivity contribution in [3.63, 3.8) is 0 Å². The van der Waals surface area contributed by atoms with Gasteiger partial charge in [0.15, 0.2) is 18.0 Å². The van der Waals surface area contributed by atoms with Crippen LogP contribution >= 0.6 is 0 Å². The molecule has 4 heteroatoms. The molecule has 0 fully saturated rings. The summed E-state index contributed by atoms with van der Waals surface area (Å²) in [6.45, 7) is 4.05. The van der Waals surface area contributed by atoms with E-state index in [2.05, 4.69) is 16.0 Å². The first-order valence-electron chi connectivity index (χ1n) is 6.14. The van der Waals surface area contributed by atoms with Gasteiger partial charge in [0.25, 0.3) is 0 Å². The number of hydrogen-bond donors (Lipinski definition) is 1. The molecule has 0 aliphatic heterocycles. The minimum Gasteiger partial charge on any atom is -0.394 e. The van der Waals surface area contributed by atoms with Crippen molar-refractivity contribution in [2.24, 2.45) is 0 Å². The Labute approximate surface area is 111 Å². The molecule has 0 spiro atoms. The van der Waals surface area contributed by atoms with Gasteiger partial charge >= 0.3 is 0 Å². The quantitative estimate of drug-likeness (QED) is 0.674. The molecule has 0 aromatic carbocycles. The zero-order valence-electron chi connectivity index (χ0n) is 11.0. The number of nitrogen functional groups attached to an aromatic ring is 1. The number of nitrogens with zero attached hydrogens (tertiary/aromatic N) is 3. The summed E-state index contributed by atoms with van der Waals surface area (Å²) in [4.78, 5) is 8.65. The minimum absolute atomic E-state index is 0.741. The van der Waals surface area contributed by atoms with E-state index in [-0.39, 0.29) is 0 Å². The lowest BCUT2D eigenvalue weighted by Gasteiger charge is -2.03. The third-order valence-corrected chi connectivity index (χ3v) is 3.01. The molecule has 0 unspecified atom stereocenters. The summed E-state index contributed by atoms with van der Waals surface area (Å²) in [5.74, 6) is 0. The summed E-state index contributed by atoms with van der Waals surface area (Å²) in [6.07, 6.45) is 7.55. The number of pyridine rings is 3. The van der Waals surface area contributed by atoms with Crippen molar-refractivity contribution in [2.45, 2.75) is 13.8 Å². The van der Waals surface area contributed by atoms with E-state index in [1.807, 2.05) is 49.1 Å². The molecular formula is C15H15N4+. The molecular weight excluding hydrogens is 236 g/mol. The van der Waals surface area contributed by atoms with Crippen LogP contribution in [0.25, 0.3) is 16.7 Å². The monoisotopic (exact) mass is 251 g/mol. The number of rotatable bonds is 1. The van der Waals surface area contributed by atoms with Crippen LogP contribution < -0.4 is 10.3 Å². The summed E-state index contributed by atoms with van der Waals surface area (Å²) in [5, 5.41) is 1.03. The fourth-order valence-electron chi connectivity index (χ4n) is 2.24. The van der Waals surface area contributed by atoms with Gasteiger partial charge in [-0.1, -0.05) is 0 Å². The Hall–Kier alpha value is -2.49. The number of fused-ring (bicyclic) bond motifs is 1. The van der Waals surface area contributed by atoms with Crippen LogP contribution in [0.2, 0.25) is 0 Å². The molecule has 2 N–H and O–H groups in total. The van der Waals surface area contributed by atoms with Crippen LogP contribution in [0.3, 0.4) is 0 Å². The van der Waals surface area contributed by atoms with Crippen molar-refractivity contribution >= 4 is 16.7 Å². The van der Waals surface area contributed by atoms with Crippen molar-refractivity contribution in [1.29, 1.82) is 0 Å². The molecule has 0 aliphatic carbocycles. The predicted molar refractivity (Wildman–Crippen MR) is 75.0 cm³/mol. The van der Waals surface area contributed by atoms with Gasteiger partial charge in [-0.2, -0.15) is 4.57 Å². The van der Waals surface area contributed by atoms with E-state index >= 15 is 0 Å². The standard InChI is InChI=1S/C15H15N4/c1-10-6-13-14(3-4-17-15(13)18-7-10)19-8-11(2)5-12(16)9-19/h3-9H,16H2,1-2H3/q+1. The van der Waals surface area contributed by atoms with Crippen molar-refractivity contribution in [3.05, 3.63) is 54.1 Å². The average Bonchev–Trinajstić information content (AvgIpc) is 2.36. The maximum absolute atomic E-state index is 5.92. The molecule has 3 heterocycles. The molecule has 0 aliphatic rings. The number of aromatic nitrogens is 3. The van der Waals surface area contributed by atoms with Crippen molar-refractivity contribution in [3.8, 4) is 5.69 Å². The lowest BCUT2D eigenvalue weighted by Crippen LogP contribution is -2.31. The Morgan fingerprint density at radius 3 is 2.68 bits per heavy atom. The number of anilines is 1. The smallest absolute Gasteiger partial charge is 0.223 e. The molecule has 0 amide bonds. The van der Waals surface area contributed by atoms with Crippen molar-refractivity contribution in [2.75, 3.05) is 5.73 Å². The van der Waals surface area contributed by atoms with Gasteiger partial charge in [0.1, 0.15) is 0 Å². The summed E-state index contributed by atoms with van der Waals surface area (Å²) in [5.41, 5.74) is 10.7. The van der Waals surface area contributed by atoms with Gasteiger partial charge in [0, 0.05) is 24.0 Å². The van der Waals surface area contributed by atoms with E-state index in [0.29, 0.717) is 0 Å². The second-order valence-electron chi connectivity index (χ2n) is 4.77. The van der Waals surface area contributed by atoms with Crippen LogP contribution in [0, 0.1) is 13.8 Å². The summed E-state index contributed by atoms with van der Waals surface area (Å²) in [6, 6.07) is 6.02. The summed E-state index contributed by atoms with van der Waals surface area (Å²) < 4.78 is 2.02. The molecule has 3 aromatic heterocycles. The highest BCUT2D eigenvalue weighted by Crippen LogP contribution is 2.16. The Balaban J connectivity index is 2.32. The van der Waals surface area contributed by atoms with Crippen LogP contribution in [0.5, 0.6) is 0 Å². The first kappa shape index (κ1) is 11.6. The molecule has 19 heavy (non-hydrogen) atoms. The SMILES string of the molecule is Cc1cnc2nccc(-[n+]3cc(C)cc(N)c3)c2c1. The molecule has 94 valence electrons. The second kappa shape index (κ2) is 4.31. The van der Waals surface area contributed by atoms with Gasteiger partial charge in [-0.25, -0.2) is 9.97 Å². The fraction of sp³-hybridized carbons (Fsp3) is 0.133. The Bertz CT molecular complexity index is 745. The lowest BCUT2D eigenvalue weighted by molar-refractivity contribution is -0.593. The third-order valence-electron chi connectivity index (χ3n) is 3.01.